The van der Waals surface area contributed by atoms with Crippen molar-refractivity contribution in [2.24, 2.45) is 5.92 Å². The van der Waals surface area contributed by atoms with Crippen molar-refractivity contribution in [3.05, 3.63) is 24.3 Å². The minimum atomic E-state index is 0.0562. The van der Waals surface area contributed by atoms with Crippen molar-refractivity contribution in [3.8, 4) is 0 Å². The van der Waals surface area contributed by atoms with Crippen LogP contribution in [-0.4, -0.2) is 55.5 Å². The molecule has 5 nitrogen and oxygen atoms in total. The first kappa shape index (κ1) is 15.8. The molecule has 0 saturated carbocycles. The first-order valence-corrected chi connectivity index (χ1v) is 7.50. The molecule has 0 spiro atoms. The Morgan fingerprint density at radius 2 is 2.00 bits per heavy atom. The summed E-state index contributed by atoms with van der Waals surface area (Å²) in [6, 6.07) is 7.82. The third-order valence-electron chi connectivity index (χ3n) is 4.16. The van der Waals surface area contributed by atoms with Crippen LogP contribution >= 0.6 is 0 Å². The number of rotatable bonds is 5. The average molecular weight is 290 g/mol. The van der Waals surface area contributed by atoms with E-state index >= 15 is 0 Å². The molecule has 1 fully saturated rings. The molecule has 0 aromatic heterocycles. The van der Waals surface area contributed by atoms with E-state index in [9.17, 15) is 4.79 Å². The molecule has 1 heterocycles. The van der Waals surface area contributed by atoms with Crippen LogP contribution in [0.3, 0.4) is 0 Å². The van der Waals surface area contributed by atoms with E-state index in [1.807, 2.05) is 12.1 Å². The van der Waals surface area contributed by atoms with E-state index in [1.54, 1.807) is 12.1 Å². The molecule has 5 heteroatoms. The summed E-state index contributed by atoms with van der Waals surface area (Å²) in [5.41, 5.74) is 7.13. The van der Waals surface area contributed by atoms with Crippen molar-refractivity contribution < 1.29 is 4.79 Å². The largest absolute Gasteiger partial charge is 0.399 e. The highest BCUT2D eigenvalue weighted by molar-refractivity contribution is 5.90. The molecule has 21 heavy (non-hydrogen) atoms. The fourth-order valence-electron chi connectivity index (χ4n) is 2.95. The van der Waals surface area contributed by atoms with Crippen LogP contribution in [0.5, 0.6) is 0 Å². The average Bonchev–Trinajstić information content (AvgIpc) is 2.81. The molecule has 0 bridgehead atoms. The quantitative estimate of drug-likeness (QED) is 0.806. The number of hydrogen-bond acceptors (Lipinski definition) is 4. The minimum Gasteiger partial charge on any atom is -0.399 e. The summed E-state index contributed by atoms with van der Waals surface area (Å²) in [6.45, 7) is 5.20. The predicted octanol–water partition coefficient (Wildman–Crippen LogP) is 1.48. The van der Waals surface area contributed by atoms with E-state index in [-0.39, 0.29) is 5.91 Å². The van der Waals surface area contributed by atoms with Gasteiger partial charge >= 0.3 is 0 Å². The Kier molecular flexibility index (Phi) is 5.20. The number of hydrogen-bond donors (Lipinski definition) is 2. The van der Waals surface area contributed by atoms with Crippen LogP contribution in [0.15, 0.2) is 24.3 Å². The van der Waals surface area contributed by atoms with Crippen molar-refractivity contribution in [1.29, 1.82) is 0 Å². The fourth-order valence-corrected chi connectivity index (χ4v) is 2.95. The summed E-state index contributed by atoms with van der Waals surface area (Å²) in [5.74, 6) is 0.709. The molecule has 1 aliphatic rings. The molecule has 1 saturated heterocycles. The van der Waals surface area contributed by atoms with Crippen molar-refractivity contribution in [1.82, 2.24) is 9.80 Å². The number of nitrogens with two attached hydrogens (primary N) is 1. The van der Waals surface area contributed by atoms with Gasteiger partial charge in [-0.1, -0.05) is 6.92 Å². The van der Waals surface area contributed by atoms with Gasteiger partial charge in [0, 0.05) is 43.5 Å². The lowest BCUT2D eigenvalue weighted by Crippen LogP contribution is -2.34. The Hall–Kier alpha value is -1.59. The first-order valence-electron chi connectivity index (χ1n) is 7.50. The van der Waals surface area contributed by atoms with Crippen molar-refractivity contribution in [2.45, 2.75) is 19.4 Å². The number of amides is 1. The molecule has 0 radical (unpaired) electrons. The van der Waals surface area contributed by atoms with Gasteiger partial charge in [-0.3, -0.25) is 4.79 Å². The molecule has 116 valence electrons. The fraction of sp³-hybridized carbons (Fsp3) is 0.562. The lowest BCUT2D eigenvalue weighted by Gasteiger charge is -2.22. The third kappa shape index (κ3) is 4.44. The van der Waals surface area contributed by atoms with Gasteiger partial charge in [0.05, 0.1) is 0 Å². The molecule has 2 unspecified atom stereocenters. The standard InChI is InChI=1S/C16H26N4O/c1-12-10-20(11-15(12)19(2)3)9-8-16(21)18-14-6-4-13(17)5-7-14/h4-7,12,15H,8-11,17H2,1-3H3,(H,18,21). The highest BCUT2D eigenvalue weighted by Crippen LogP contribution is 2.20. The maximum absolute atomic E-state index is 12.0. The van der Waals surface area contributed by atoms with Gasteiger partial charge in [0.15, 0.2) is 0 Å². The normalized spacial score (nSPS) is 22.7. The van der Waals surface area contributed by atoms with Crippen LogP contribution in [0, 0.1) is 5.92 Å². The highest BCUT2D eigenvalue weighted by Gasteiger charge is 2.30. The molecular formula is C16H26N4O. The lowest BCUT2D eigenvalue weighted by atomic mass is 10.1. The summed E-state index contributed by atoms with van der Waals surface area (Å²) < 4.78 is 0. The Labute approximate surface area is 127 Å². The molecule has 2 rings (SSSR count). The van der Waals surface area contributed by atoms with Crippen LogP contribution in [-0.2, 0) is 4.79 Å². The predicted molar refractivity (Wildman–Crippen MR) is 87.2 cm³/mol. The number of likely N-dealkylation sites (tertiary alicyclic amines) is 1. The summed E-state index contributed by atoms with van der Waals surface area (Å²) in [4.78, 5) is 16.6. The van der Waals surface area contributed by atoms with Gasteiger partial charge in [-0.2, -0.15) is 0 Å². The Morgan fingerprint density at radius 1 is 1.33 bits per heavy atom. The summed E-state index contributed by atoms with van der Waals surface area (Å²) >= 11 is 0. The number of carbonyl (C=O) groups excluding carboxylic acids is 1. The van der Waals surface area contributed by atoms with Crippen LogP contribution in [0.2, 0.25) is 0 Å². The van der Waals surface area contributed by atoms with Crippen molar-refractivity contribution in [3.63, 3.8) is 0 Å². The van der Waals surface area contributed by atoms with E-state index in [4.69, 9.17) is 5.73 Å². The molecule has 1 aromatic rings. The molecule has 3 N–H and O–H groups in total. The molecule has 1 amide bonds. The molecule has 0 aliphatic carbocycles. The molecule has 1 aromatic carbocycles. The van der Waals surface area contributed by atoms with Crippen molar-refractivity contribution >= 4 is 17.3 Å². The van der Waals surface area contributed by atoms with Crippen molar-refractivity contribution in [2.75, 3.05) is 44.8 Å². The van der Waals surface area contributed by atoms with Gasteiger partial charge in [0.25, 0.3) is 0 Å². The van der Waals surface area contributed by atoms with Gasteiger partial charge in [0.2, 0.25) is 5.91 Å². The zero-order chi connectivity index (χ0) is 15.4. The SMILES string of the molecule is CC1CN(CCC(=O)Nc2ccc(N)cc2)CC1N(C)C. The van der Waals surface area contributed by atoms with Crippen LogP contribution < -0.4 is 11.1 Å². The van der Waals surface area contributed by atoms with Crippen LogP contribution in [0.4, 0.5) is 11.4 Å². The third-order valence-corrected chi connectivity index (χ3v) is 4.16. The Balaban J connectivity index is 1.76. The van der Waals surface area contributed by atoms with Crippen LogP contribution in [0.1, 0.15) is 13.3 Å². The van der Waals surface area contributed by atoms with Gasteiger partial charge in [-0.15, -0.1) is 0 Å². The number of carbonyl (C=O) groups is 1. The first-order chi connectivity index (χ1) is 9.95. The highest BCUT2D eigenvalue weighted by atomic mass is 16.1. The molecule has 1 aliphatic heterocycles. The number of nitrogens with one attached hydrogen (secondary N) is 1. The molecular weight excluding hydrogens is 264 g/mol. The number of nitrogen functional groups attached to an aromatic ring is 1. The van der Waals surface area contributed by atoms with E-state index < -0.39 is 0 Å². The maximum atomic E-state index is 12.0. The van der Waals surface area contributed by atoms with Crippen LogP contribution in [0.25, 0.3) is 0 Å². The lowest BCUT2D eigenvalue weighted by molar-refractivity contribution is -0.116. The molecule has 2 atom stereocenters. The smallest absolute Gasteiger partial charge is 0.225 e. The summed E-state index contributed by atoms with van der Waals surface area (Å²) in [6.07, 6.45) is 0.525. The monoisotopic (exact) mass is 290 g/mol. The zero-order valence-electron chi connectivity index (χ0n) is 13.2. The van der Waals surface area contributed by atoms with Gasteiger partial charge < -0.3 is 20.9 Å². The van der Waals surface area contributed by atoms with E-state index in [2.05, 4.69) is 36.1 Å². The Morgan fingerprint density at radius 3 is 2.57 bits per heavy atom. The second-order valence-corrected chi connectivity index (χ2v) is 6.19. The van der Waals surface area contributed by atoms with E-state index in [0.29, 0.717) is 24.1 Å². The minimum absolute atomic E-state index is 0.0562. The number of benzene rings is 1. The number of likely N-dealkylation sites (N-methyl/N-ethyl adjacent to an activating group) is 1. The Bertz CT molecular complexity index is 472. The number of nitrogens with zero attached hydrogens (tertiary/aromatic N) is 2. The van der Waals surface area contributed by atoms with E-state index in [0.717, 1.165) is 25.3 Å². The zero-order valence-corrected chi connectivity index (χ0v) is 13.2. The van der Waals surface area contributed by atoms with E-state index in [1.165, 1.54) is 0 Å². The van der Waals surface area contributed by atoms with Gasteiger partial charge in [-0.05, 0) is 44.3 Å². The summed E-state index contributed by atoms with van der Waals surface area (Å²) in [5, 5.41) is 2.91. The number of anilines is 2. The maximum Gasteiger partial charge on any atom is 0.225 e. The summed E-state index contributed by atoms with van der Waals surface area (Å²) in [7, 11) is 4.25. The van der Waals surface area contributed by atoms with Gasteiger partial charge in [0.1, 0.15) is 0 Å². The topological polar surface area (TPSA) is 61.6 Å². The van der Waals surface area contributed by atoms with Gasteiger partial charge in [-0.25, -0.2) is 0 Å². The second kappa shape index (κ2) is 6.91. The second-order valence-electron chi connectivity index (χ2n) is 6.19.